The maximum absolute atomic E-state index is 10.4. The molecule has 0 saturated carbocycles. The van der Waals surface area contributed by atoms with E-state index in [1.165, 1.54) is 17.2 Å². The Hall–Kier alpha value is -2.58. The van der Waals surface area contributed by atoms with Gasteiger partial charge in [0.15, 0.2) is 23.7 Å². The Bertz CT molecular complexity index is 840. The predicted molar refractivity (Wildman–Crippen MR) is 99.6 cm³/mol. The summed E-state index contributed by atoms with van der Waals surface area (Å²) in [7, 11) is 1.69. The Kier molecular flexibility index (Phi) is 5.90. The van der Waals surface area contributed by atoms with E-state index in [0.29, 0.717) is 24.3 Å². The second kappa shape index (κ2) is 8.20. The van der Waals surface area contributed by atoms with Crippen LogP contribution in [0.4, 0.5) is 5.82 Å². The molecular weight excluding hydrogens is 370 g/mol. The Balaban J connectivity index is 1.68. The van der Waals surface area contributed by atoms with Gasteiger partial charge in [-0.2, -0.15) is 0 Å². The summed E-state index contributed by atoms with van der Waals surface area (Å²) in [6.45, 7) is 0.716. The summed E-state index contributed by atoms with van der Waals surface area (Å²) >= 11 is 0. The van der Waals surface area contributed by atoms with Gasteiger partial charge in [0, 0.05) is 13.0 Å². The lowest BCUT2D eigenvalue weighted by Crippen LogP contribution is -2.40. The number of ether oxygens (including phenoxy) is 1. The van der Waals surface area contributed by atoms with Crippen LogP contribution in [0.15, 0.2) is 17.6 Å². The molecule has 154 valence electrons. The van der Waals surface area contributed by atoms with Crippen molar-refractivity contribution < 1.29 is 20.1 Å². The fourth-order valence-electron chi connectivity index (χ4n) is 3.08. The van der Waals surface area contributed by atoms with Crippen molar-refractivity contribution in [3.8, 4) is 0 Å². The molecule has 2 aromatic rings. The van der Waals surface area contributed by atoms with Gasteiger partial charge in [0.25, 0.3) is 0 Å². The molecule has 13 heteroatoms. The lowest BCUT2D eigenvalue weighted by molar-refractivity contribution is -0.0732. The maximum Gasteiger partial charge on any atom is 0.185 e. The van der Waals surface area contributed by atoms with Crippen LogP contribution in [-0.4, -0.2) is 90.4 Å². The molecular formula is C15H25N9O4. The number of guanidine groups is 1. The summed E-state index contributed by atoms with van der Waals surface area (Å²) in [6.07, 6.45) is -2.36. The zero-order chi connectivity index (χ0) is 20.4. The number of nitrogens with zero attached hydrogens (tertiary/aromatic N) is 6. The van der Waals surface area contributed by atoms with Crippen molar-refractivity contribution in [3.63, 3.8) is 0 Å². The molecule has 1 aliphatic rings. The number of aromatic nitrogens is 4. The average Bonchev–Trinajstić information content (AvgIpc) is 3.19. The number of nitrogen functional groups attached to an aromatic ring is 1. The van der Waals surface area contributed by atoms with Crippen molar-refractivity contribution in [1.82, 2.24) is 24.4 Å². The van der Waals surface area contributed by atoms with Crippen molar-refractivity contribution in [2.75, 3.05) is 25.9 Å². The largest absolute Gasteiger partial charge is 0.388 e. The molecule has 0 amide bonds. The Morgan fingerprint density at radius 1 is 1.32 bits per heavy atom. The second-order valence-electron chi connectivity index (χ2n) is 6.63. The summed E-state index contributed by atoms with van der Waals surface area (Å²) in [5.41, 5.74) is 17.1. The highest BCUT2D eigenvalue weighted by Crippen LogP contribution is 2.33. The number of imidazole rings is 1. The SMILES string of the molecule is CN(CCN=C(N)N)C(O)C[C@H]1O[C@@H](n2cnc3c(N)ncnc32)[C@H](O)[C@@H]1O. The van der Waals surface area contributed by atoms with E-state index in [9.17, 15) is 15.3 Å². The molecule has 2 aromatic heterocycles. The number of aliphatic hydroxyl groups is 3. The van der Waals surface area contributed by atoms with Gasteiger partial charge < -0.3 is 37.3 Å². The number of aliphatic imine (C=N–C) groups is 1. The van der Waals surface area contributed by atoms with Crippen LogP contribution in [0.3, 0.4) is 0 Å². The third-order valence-corrected chi connectivity index (χ3v) is 4.70. The lowest BCUT2D eigenvalue weighted by Gasteiger charge is -2.26. The van der Waals surface area contributed by atoms with Crippen molar-refractivity contribution in [2.24, 2.45) is 16.5 Å². The van der Waals surface area contributed by atoms with Gasteiger partial charge in [-0.05, 0) is 7.05 Å². The van der Waals surface area contributed by atoms with E-state index < -0.39 is 30.8 Å². The molecule has 1 aliphatic heterocycles. The highest BCUT2D eigenvalue weighted by Gasteiger charge is 2.45. The summed E-state index contributed by atoms with van der Waals surface area (Å²) in [5.74, 6) is 0.173. The average molecular weight is 395 g/mol. The van der Waals surface area contributed by atoms with Crippen LogP contribution < -0.4 is 17.2 Å². The minimum atomic E-state index is -1.24. The number of nitrogens with two attached hydrogens (primary N) is 3. The topological polar surface area (TPSA) is 207 Å². The first-order valence-corrected chi connectivity index (χ1v) is 8.68. The summed E-state index contributed by atoms with van der Waals surface area (Å²) in [5, 5.41) is 31.2. The highest BCUT2D eigenvalue weighted by atomic mass is 16.6. The highest BCUT2D eigenvalue weighted by molar-refractivity contribution is 5.81. The van der Waals surface area contributed by atoms with Gasteiger partial charge in [-0.15, -0.1) is 0 Å². The summed E-state index contributed by atoms with van der Waals surface area (Å²) in [4.78, 5) is 17.6. The van der Waals surface area contributed by atoms with Gasteiger partial charge in [0.05, 0.1) is 19.0 Å². The van der Waals surface area contributed by atoms with E-state index >= 15 is 0 Å². The van der Waals surface area contributed by atoms with E-state index in [1.807, 2.05) is 0 Å². The number of rotatable bonds is 7. The third-order valence-electron chi connectivity index (χ3n) is 4.70. The number of aliphatic hydroxyl groups excluding tert-OH is 3. The van der Waals surface area contributed by atoms with Gasteiger partial charge in [0.2, 0.25) is 0 Å². The minimum Gasteiger partial charge on any atom is -0.388 e. The maximum atomic E-state index is 10.4. The first-order chi connectivity index (χ1) is 13.3. The zero-order valence-corrected chi connectivity index (χ0v) is 15.3. The van der Waals surface area contributed by atoms with E-state index in [0.717, 1.165) is 0 Å². The van der Waals surface area contributed by atoms with Gasteiger partial charge in [-0.3, -0.25) is 14.5 Å². The molecule has 5 atom stereocenters. The van der Waals surface area contributed by atoms with Crippen LogP contribution in [0.5, 0.6) is 0 Å². The molecule has 1 saturated heterocycles. The van der Waals surface area contributed by atoms with Crippen LogP contribution in [0.1, 0.15) is 12.6 Å². The molecule has 9 N–H and O–H groups in total. The fourth-order valence-corrected chi connectivity index (χ4v) is 3.08. The van der Waals surface area contributed by atoms with Crippen LogP contribution in [-0.2, 0) is 4.74 Å². The number of hydrogen-bond donors (Lipinski definition) is 6. The first-order valence-electron chi connectivity index (χ1n) is 8.68. The minimum absolute atomic E-state index is 0.0274. The predicted octanol–water partition coefficient (Wildman–Crippen LogP) is -3.06. The Labute approximate surface area is 160 Å². The van der Waals surface area contributed by atoms with Crippen molar-refractivity contribution in [1.29, 1.82) is 0 Å². The molecule has 0 spiro atoms. The summed E-state index contributed by atoms with van der Waals surface area (Å²) < 4.78 is 7.29. The Morgan fingerprint density at radius 2 is 2.07 bits per heavy atom. The lowest BCUT2D eigenvalue weighted by atomic mass is 10.1. The first kappa shape index (κ1) is 20.2. The molecule has 0 radical (unpaired) electrons. The van der Waals surface area contributed by atoms with Gasteiger partial charge >= 0.3 is 0 Å². The number of fused-ring (bicyclic) bond motifs is 1. The van der Waals surface area contributed by atoms with Gasteiger partial charge in [-0.1, -0.05) is 0 Å². The van der Waals surface area contributed by atoms with Crippen molar-refractivity contribution in [2.45, 2.75) is 37.2 Å². The number of likely N-dealkylation sites (N-methyl/N-ethyl adjacent to an activating group) is 1. The number of hydrogen-bond acceptors (Lipinski definition) is 10. The van der Waals surface area contributed by atoms with Crippen LogP contribution >= 0.6 is 0 Å². The van der Waals surface area contributed by atoms with E-state index in [4.69, 9.17) is 21.9 Å². The van der Waals surface area contributed by atoms with Crippen LogP contribution in [0.2, 0.25) is 0 Å². The van der Waals surface area contributed by atoms with Crippen LogP contribution in [0.25, 0.3) is 11.2 Å². The van der Waals surface area contributed by atoms with Gasteiger partial charge in [-0.25, -0.2) is 15.0 Å². The molecule has 0 bridgehead atoms. The molecule has 1 unspecified atom stereocenters. The van der Waals surface area contributed by atoms with E-state index in [2.05, 4.69) is 19.9 Å². The fraction of sp³-hybridized carbons (Fsp3) is 0.600. The van der Waals surface area contributed by atoms with Crippen molar-refractivity contribution in [3.05, 3.63) is 12.7 Å². The van der Waals surface area contributed by atoms with E-state index in [1.54, 1.807) is 11.9 Å². The normalized spacial score (nSPS) is 26.0. The molecule has 13 nitrogen and oxygen atoms in total. The molecule has 0 aliphatic carbocycles. The van der Waals surface area contributed by atoms with E-state index in [-0.39, 0.29) is 18.2 Å². The zero-order valence-electron chi connectivity index (χ0n) is 15.3. The molecule has 0 aromatic carbocycles. The molecule has 1 fully saturated rings. The summed E-state index contributed by atoms with van der Waals surface area (Å²) in [6, 6.07) is 0. The monoisotopic (exact) mass is 395 g/mol. The standard InChI is InChI=1S/C15H25N9O4/c1-23(3-2-19-15(17)18)8(25)4-7-10(26)11(27)14(28-7)24-6-22-9-12(16)20-5-21-13(9)24/h5-8,10-11,14,25-27H,2-4H2,1H3,(H2,16,20,21)(H4,17,18,19)/t7-,8?,10-,11-,14-/m1/s1. The molecule has 28 heavy (non-hydrogen) atoms. The second-order valence-corrected chi connectivity index (χ2v) is 6.63. The number of anilines is 1. The molecule has 3 heterocycles. The quantitative estimate of drug-likeness (QED) is 0.157. The van der Waals surface area contributed by atoms with Crippen molar-refractivity contribution >= 4 is 22.9 Å². The smallest absolute Gasteiger partial charge is 0.185 e. The Morgan fingerprint density at radius 3 is 2.79 bits per heavy atom. The van der Waals surface area contributed by atoms with Gasteiger partial charge in [0.1, 0.15) is 30.3 Å². The molecule has 3 rings (SSSR count). The third kappa shape index (κ3) is 3.98. The van der Waals surface area contributed by atoms with Crippen LogP contribution in [0, 0.1) is 0 Å².